The molecule has 0 aromatic heterocycles. The molecule has 0 bridgehead atoms. The molecule has 78 valence electrons. The molecule has 0 spiro atoms. The van der Waals surface area contributed by atoms with Crippen molar-refractivity contribution in [2.75, 3.05) is 12.4 Å². The van der Waals surface area contributed by atoms with E-state index >= 15 is 0 Å². The zero-order chi connectivity index (χ0) is 10.4. The van der Waals surface area contributed by atoms with Crippen molar-refractivity contribution < 1.29 is 17.9 Å². The molecule has 5 heteroatoms. The van der Waals surface area contributed by atoms with Gasteiger partial charge in [-0.2, -0.15) is 13.2 Å². The van der Waals surface area contributed by atoms with Crippen molar-refractivity contribution in [2.45, 2.75) is 5.51 Å². The molecule has 1 rings (SSSR count). The third-order valence-electron chi connectivity index (χ3n) is 1.36. The minimum Gasteiger partial charge on any atom is -0.493 e. The van der Waals surface area contributed by atoms with E-state index in [1.165, 1.54) is 0 Å². The van der Waals surface area contributed by atoms with Crippen LogP contribution in [-0.4, -0.2) is 17.9 Å². The molecule has 0 aliphatic rings. The summed E-state index contributed by atoms with van der Waals surface area (Å²) >= 11 is -0.0722. The van der Waals surface area contributed by atoms with Crippen LogP contribution in [-0.2, 0) is 0 Å². The Hall–Kier alpha value is -0.840. The van der Waals surface area contributed by atoms with Crippen LogP contribution in [0.3, 0.4) is 0 Å². The van der Waals surface area contributed by atoms with Crippen molar-refractivity contribution in [1.82, 2.24) is 0 Å². The fraction of sp³-hybridized carbons (Fsp3) is 0.333. The lowest BCUT2D eigenvalue weighted by atomic mass is 10.3. The second-order valence-corrected chi connectivity index (χ2v) is 3.62. The first kappa shape index (κ1) is 11.2. The van der Waals surface area contributed by atoms with Crippen molar-refractivity contribution in [3.63, 3.8) is 0 Å². The first-order valence-corrected chi connectivity index (χ1v) is 4.95. The molecular weight excluding hydrogens is 213 g/mol. The van der Waals surface area contributed by atoms with E-state index in [0.717, 1.165) is 0 Å². The predicted molar refractivity (Wildman–Crippen MR) is 50.5 cm³/mol. The first-order chi connectivity index (χ1) is 6.58. The lowest BCUT2D eigenvalue weighted by Crippen LogP contribution is -2.07. The SMILES string of the molecule is FC(F)(F)SCCOc1ccccc1. The summed E-state index contributed by atoms with van der Waals surface area (Å²) in [6.07, 6.45) is 0. The fourth-order valence-corrected chi connectivity index (χ4v) is 1.23. The van der Waals surface area contributed by atoms with Crippen LogP contribution in [0, 0.1) is 0 Å². The number of hydrogen-bond acceptors (Lipinski definition) is 2. The second kappa shape index (κ2) is 5.14. The molecule has 0 unspecified atom stereocenters. The highest BCUT2D eigenvalue weighted by Gasteiger charge is 2.27. The monoisotopic (exact) mass is 222 g/mol. The van der Waals surface area contributed by atoms with Gasteiger partial charge in [-0.25, -0.2) is 0 Å². The van der Waals surface area contributed by atoms with E-state index < -0.39 is 5.51 Å². The highest BCUT2D eigenvalue weighted by atomic mass is 32.2. The van der Waals surface area contributed by atoms with Gasteiger partial charge in [-0.05, 0) is 23.9 Å². The van der Waals surface area contributed by atoms with E-state index in [2.05, 4.69) is 0 Å². The third-order valence-corrected chi connectivity index (χ3v) is 2.06. The molecule has 1 nitrogen and oxygen atoms in total. The highest BCUT2D eigenvalue weighted by molar-refractivity contribution is 8.00. The number of ether oxygens (including phenoxy) is 1. The van der Waals surface area contributed by atoms with Gasteiger partial charge >= 0.3 is 5.51 Å². The van der Waals surface area contributed by atoms with Gasteiger partial charge in [-0.1, -0.05) is 18.2 Å². The van der Waals surface area contributed by atoms with Crippen molar-refractivity contribution in [3.05, 3.63) is 30.3 Å². The molecule has 0 atom stereocenters. The van der Waals surface area contributed by atoms with Gasteiger partial charge in [0, 0.05) is 5.75 Å². The average Bonchev–Trinajstić information content (AvgIpc) is 2.13. The summed E-state index contributed by atoms with van der Waals surface area (Å²) in [5.74, 6) is 0.508. The van der Waals surface area contributed by atoms with Crippen LogP contribution in [0.2, 0.25) is 0 Å². The Labute approximate surface area is 84.3 Å². The maximum Gasteiger partial charge on any atom is 0.441 e. The van der Waals surface area contributed by atoms with Crippen LogP contribution >= 0.6 is 11.8 Å². The van der Waals surface area contributed by atoms with E-state index in [1.807, 2.05) is 6.07 Å². The number of rotatable bonds is 4. The zero-order valence-corrected chi connectivity index (χ0v) is 8.07. The number of hydrogen-bond donors (Lipinski definition) is 0. The van der Waals surface area contributed by atoms with Gasteiger partial charge in [-0.15, -0.1) is 0 Å². The van der Waals surface area contributed by atoms with Crippen molar-refractivity contribution in [3.8, 4) is 5.75 Å². The maximum absolute atomic E-state index is 11.7. The molecule has 0 saturated heterocycles. The number of benzene rings is 1. The largest absolute Gasteiger partial charge is 0.493 e. The Morgan fingerprint density at radius 2 is 1.79 bits per heavy atom. The fourth-order valence-electron chi connectivity index (χ4n) is 0.834. The van der Waals surface area contributed by atoms with E-state index in [4.69, 9.17) is 4.74 Å². The Kier molecular flexibility index (Phi) is 4.13. The molecule has 0 aliphatic carbocycles. The van der Waals surface area contributed by atoms with Crippen molar-refractivity contribution >= 4 is 11.8 Å². The third kappa shape index (κ3) is 5.01. The summed E-state index contributed by atoms with van der Waals surface area (Å²) in [4.78, 5) is 0. The lowest BCUT2D eigenvalue weighted by molar-refractivity contribution is -0.0329. The molecule has 1 aromatic rings. The van der Waals surface area contributed by atoms with Crippen LogP contribution in [0.1, 0.15) is 0 Å². The van der Waals surface area contributed by atoms with E-state index in [9.17, 15) is 13.2 Å². The van der Waals surface area contributed by atoms with Crippen molar-refractivity contribution in [1.29, 1.82) is 0 Å². The van der Waals surface area contributed by atoms with Gasteiger partial charge in [0.1, 0.15) is 5.75 Å². The predicted octanol–water partition coefficient (Wildman–Crippen LogP) is 3.32. The normalized spacial score (nSPS) is 11.4. The molecule has 1 aromatic carbocycles. The average molecular weight is 222 g/mol. The Morgan fingerprint density at radius 3 is 2.36 bits per heavy atom. The van der Waals surface area contributed by atoms with Gasteiger partial charge in [0.15, 0.2) is 0 Å². The summed E-state index contributed by atoms with van der Waals surface area (Å²) < 4.78 is 40.1. The quantitative estimate of drug-likeness (QED) is 0.723. The lowest BCUT2D eigenvalue weighted by Gasteiger charge is -2.07. The Balaban J connectivity index is 2.17. The molecule has 0 saturated carbocycles. The Morgan fingerprint density at radius 1 is 1.14 bits per heavy atom. The minimum absolute atomic E-state index is 0.0637. The standard InChI is InChI=1S/C9H9F3OS/c10-9(11,12)14-7-6-13-8-4-2-1-3-5-8/h1-5H,6-7H2. The van der Waals surface area contributed by atoms with E-state index in [0.29, 0.717) is 5.75 Å². The van der Waals surface area contributed by atoms with Crippen LogP contribution in [0.25, 0.3) is 0 Å². The summed E-state index contributed by atoms with van der Waals surface area (Å²) in [5, 5.41) is 0. The summed E-state index contributed by atoms with van der Waals surface area (Å²) in [6.45, 7) is 0.0637. The zero-order valence-electron chi connectivity index (χ0n) is 7.25. The van der Waals surface area contributed by atoms with Crippen LogP contribution in [0.5, 0.6) is 5.75 Å². The summed E-state index contributed by atoms with van der Waals surface area (Å²) in [5.41, 5.74) is -4.17. The molecule has 0 aliphatic heterocycles. The molecule has 14 heavy (non-hydrogen) atoms. The maximum atomic E-state index is 11.7. The molecule has 0 fully saturated rings. The van der Waals surface area contributed by atoms with Gasteiger partial charge in [-0.3, -0.25) is 0 Å². The number of para-hydroxylation sites is 1. The molecule has 0 radical (unpaired) electrons. The van der Waals surface area contributed by atoms with Gasteiger partial charge in [0.2, 0.25) is 0 Å². The second-order valence-electron chi connectivity index (χ2n) is 2.46. The van der Waals surface area contributed by atoms with Gasteiger partial charge in [0.05, 0.1) is 6.61 Å². The van der Waals surface area contributed by atoms with E-state index in [1.54, 1.807) is 24.3 Å². The molecule has 0 N–H and O–H groups in total. The van der Waals surface area contributed by atoms with E-state index in [-0.39, 0.29) is 24.1 Å². The number of thioether (sulfide) groups is 1. The molecule has 0 heterocycles. The topological polar surface area (TPSA) is 9.23 Å². The molecular formula is C9H9F3OS. The van der Waals surface area contributed by atoms with Gasteiger partial charge in [0.25, 0.3) is 0 Å². The van der Waals surface area contributed by atoms with Crippen LogP contribution < -0.4 is 4.74 Å². The minimum atomic E-state index is -4.17. The molecule has 0 amide bonds. The van der Waals surface area contributed by atoms with Crippen molar-refractivity contribution in [2.24, 2.45) is 0 Å². The Bertz CT molecular complexity index is 261. The number of halogens is 3. The van der Waals surface area contributed by atoms with Crippen LogP contribution in [0.15, 0.2) is 30.3 Å². The van der Waals surface area contributed by atoms with Gasteiger partial charge < -0.3 is 4.74 Å². The van der Waals surface area contributed by atoms with Crippen LogP contribution in [0.4, 0.5) is 13.2 Å². The number of alkyl halides is 3. The first-order valence-electron chi connectivity index (χ1n) is 3.96. The smallest absolute Gasteiger partial charge is 0.441 e. The summed E-state index contributed by atoms with van der Waals surface area (Å²) in [6, 6.07) is 8.77. The highest BCUT2D eigenvalue weighted by Crippen LogP contribution is 2.29. The summed E-state index contributed by atoms with van der Waals surface area (Å²) in [7, 11) is 0.